The second kappa shape index (κ2) is 5.52. The molecule has 7 heteroatoms. The van der Waals surface area contributed by atoms with Crippen LogP contribution >= 0.6 is 0 Å². The lowest BCUT2D eigenvalue weighted by molar-refractivity contribution is -0.186. The van der Waals surface area contributed by atoms with Gasteiger partial charge in [-0.25, -0.2) is 0 Å². The van der Waals surface area contributed by atoms with E-state index in [1.807, 2.05) is 4.90 Å². The third kappa shape index (κ3) is 3.25. The lowest BCUT2D eigenvalue weighted by Gasteiger charge is -2.43. The molecule has 2 unspecified atom stereocenters. The number of carboxylic acid groups (broad SMARTS) is 1. The molecule has 4 nitrogen and oxygen atoms in total. The lowest BCUT2D eigenvalue weighted by Crippen LogP contribution is -2.56. The van der Waals surface area contributed by atoms with Gasteiger partial charge in [0, 0.05) is 6.04 Å². The fourth-order valence-electron chi connectivity index (χ4n) is 3.38. The number of likely N-dealkylation sites (tertiary alicyclic amines) is 1. The van der Waals surface area contributed by atoms with E-state index in [0.717, 1.165) is 6.42 Å². The second-order valence-electron chi connectivity index (χ2n) is 6.06. The lowest BCUT2D eigenvalue weighted by atomic mass is 9.78. The van der Waals surface area contributed by atoms with Gasteiger partial charge in [0.1, 0.15) is 5.54 Å². The Labute approximate surface area is 116 Å². The Morgan fingerprint density at radius 2 is 1.85 bits per heavy atom. The molecule has 1 heterocycles. The monoisotopic (exact) mass is 294 g/mol. The van der Waals surface area contributed by atoms with Gasteiger partial charge in [0.2, 0.25) is 0 Å². The molecule has 20 heavy (non-hydrogen) atoms. The fraction of sp³-hybridized carbons (Fsp3) is 0.923. The normalized spacial score (nSPS) is 34.1. The Kier molecular flexibility index (Phi) is 4.30. The third-order valence-corrected chi connectivity index (χ3v) is 4.69. The van der Waals surface area contributed by atoms with Gasteiger partial charge in [-0.3, -0.25) is 4.79 Å². The van der Waals surface area contributed by atoms with E-state index >= 15 is 0 Å². The first kappa shape index (κ1) is 15.6. The van der Waals surface area contributed by atoms with Crippen molar-refractivity contribution in [3.8, 4) is 0 Å². The van der Waals surface area contributed by atoms with E-state index < -0.39 is 23.6 Å². The van der Waals surface area contributed by atoms with Crippen molar-refractivity contribution < 1.29 is 23.1 Å². The van der Waals surface area contributed by atoms with Crippen molar-refractivity contribution in [3.05, 3.63) is 0 Å². The van der Waals surface area contributed by atoms with Gasteiger partial charge >= 0.3 is 12.1 Å². The van der Waals surface area contributed by atoms with Crippen LogP contribution < -0.4 is 5.73 Å². The highest BCUT2D eigenvalue weighted by Crippen LogP contribution is 2.37. The summed E-state index contributed by atoms with van der Waals surface area (Å²) in [4.78, 5) is 13.2. The average Bonchev–Trinajstić information content (AvgIpc) is 2.38. The highest BCUT2D eigenvalue weighted by molar-refractivity contribution is 5.78. The molecule has 0 aromatic heterocycles. The number of carboxylic acids is 1. The number of carbonyl (C=O) groups is 1. The summed E-state index contributed by atoms with van der Waals surface area (Å²) in [6.07, 6.45) is -1.60. The first-order chi connectivity index (χ1) is 9.22. The standard InChI is InChI=1S/C13H21F3N2O2/c14-13(15,16)9-3-6-18(7-4-9)10-2-1-5-12(17,8-10)11(19)20/h9-10H,1-8,17H2,(H,19,20). The van der Waals surface area contributed by atoms with E-state index in [2.05, 4.69) is 0 Å². The molecule has 0 spiro atoms. The molecular weight excluding hydrogens is 273 g/mol. The summed E-state index contributed by atoms with van der Waals surface area (Å²) in [6.45, 7) is 0.759. The van der Waals surface area contributed by atoms with Crippen molar-refractivity contribution in [3.63, 3.8) is 0 Å². The maximum Gasteiger partial charge on any atom is 0.391 e. The van der Waals surface area contributed by atoms with Crippen molar-refractivity contribution in [2.24, 2.45) is 11.7 Å². The molecule has 1 aliphatic carbocycles. The van der Waals surface area contributed by atoms with Crippen LogP contribution in [0.2, 0.25) is 0 Å². The highest BCUT2D eigenvalue weighted by Gasteiger charge is 2.45. The Hall–Kier alpha value is -0.820. The number of hydrogen-bond acceptors (Lipinski definition) is 3. The molecule has 2 aliphatic rings. The number of piperidine rings is 1. The number of hydrogen-bond donors (Lipinski definition) is 2. The van der Waals surface area contributed by atoms with E-state index in [4.69, 9.17) is 5.73 Å². The topological polar surface area (TPSA) is 66.6 Å². The minimum Gasteiger partial charge on any atom is -0.480 e. The number of nitrogens with two attached hydrogens (primary N) is 1. The minimum absolute atomic E-state index is 0.000895. The molecule has 1 saturated carbocycles. The first-order valence-electron chi connectivity index (χ1n) is 7.05. The van der Waals surface area contributed by atoms with Crippen LogP contribution in [0.5, 0.6) is 0 Å². The molecule has 2 fully saturated rings. The molecule has 116 valence electrons. The summed E-state index contributed by atoms with van der Waals surface area (Å²) in [5.41, 5.74) is 4.67. The van der Waals surface area contributed by atoms with Crippen LogP contribution in [0.1, 0.15) is 38.5 Å². The first-order valence-corrected chi connectivity index (χ1v) is 7.05. The van der Waals surface area contributed by atoms with Gasteiger partial charge in [-0.05, 0) is 51.6 Å². The minimum atomic E-state index is -4.11. The number of alkyl halides is 3. The molecule has 0 aromatic carbocycles. The van der Waals surface area contributed by atoms with Crippen molar-refractivity contribution in [1.29, 1.82) is 0 Å². The number of halogens is 3. The largest absolute Gasteiger partial charge is 0.480 e. The summed E-state index contributed by atoms with van der Waals surface area (Å²) in [6, 6.07) is -0.000895. The zero-order valence-corrected chi connectivity index (χ0v) is 11.3. The van der Waals surface area contributed by atoms with Crippen LogP contribution in [0.3, 0.4) is 0 Å². The smallest absolute Gasteiger partial charge is 0.391 e. The number of aliphatic carboxylic acids is 1. The summed E-state index contributed by atoms with van der Waals surface area (Å²) >= 11 is 0. The van der Waals surface area contributed by atoms with Crippen LogP contribution in [-0.2, 0) is 4.79 Å². The fourth-order valence-corrected chi connectivity index (χ4v) is 3.38. The second-order valence-corrected chi connectivity index (χ2v) is 6.06. The Morgan fingerprint density at radius 1 is 1.25 bits per heavy atom. The van der Waals surface area contributed by atoms with Crippen LogP contribution in [0.25, 0.3) is 0 Å². The van der Waals surface area contributed by atoms with Gasteiger partial charge in [0.05, 0.1) is 5.92 Å². The van der Waals surface area contributed by atoms with Crippen molar-refractivity contribution in [2.75, 3.05) is 13.1 Å². The Morgan fingerprint density at radius 3 is 2.35 bits per heavy atom. The van der Waals surface area contributed by atoms with E-state index in [0.29, 0.717) is 32.4 Å². The zero-order valence-electron chi connectivity index (χ0n) is 11.3. The molecule has 0 amide bonds. The van der Waals surface area contributed by atoms with E-state index in [1.54, 1.807) is 0 Å². The maximum atomic E-state index is 12.6. The predicted octanol–water partition coefficient (Wildman–Crippen LogP) is 1.99. The third-order valence-electron chi connectivity index (χ3n) is 4.69. The molecule has 2 atom stereocenters. The van der Waals surface area contributed by atoms with E-state index in [1.165, 1.54) is 0 Å². The molecule has 0 bridgehead atoms. The maximum absolute atomic E-state index is 12.6. The van der Waals surface area contributed by atoms with Gasteiger partial charge in [-0.1, -0.05) is 0 Å². The predicted molar refractivity (Wildman–Crippen MR) is 67.2 cm³/mol. The molecule has 0 aromatic rings. The van der Waals surface area contributed by atoms with Gasteiger partial charge in [-0.15, -0.1) is 0 Å². The highest BCUT2D eigenvalue weighted by atomic mass is 19.4. The zero-order chi connectivity index (χ0) is 15.0. The number of nitrogens with zero attached hydrogens (tertiary/aromatic N) is 1. The Bertz CT molecular complexity index is 367. The molecule has 2 rings (SSSR count). The SMILES string of the molecule is NC1(C(=O)O)CCCC(N2CCC(C(F)(F)F)CC2)C1. The van der Waals surface area contributed by atoms with E-state index in [9.17, 15) is 23.1 Å². The van der Waals surface area contributed by atoms with Crippen LogP contribution in [-0.4, -0.2) is 46.8 Å². The van der Waals surface area contributed by atoms with Crippen molar-refractivity contribution in [1.82, 2.24) is 4.90 Å². The van der Waals surface area contributed by atoms with Crippen molar-refractivity contribution in [2.45, 2.75) is 56.3 Å². The quantitative estimate of drug-likeness (QED) is 0.817. The molecule has 1 aliphatic heterocycles. The van der Waals surface area contributed by atoms with Gasteiger partial charge in [-0.2, -0.15) is 13.2 Å². The van der Waals surface area contributed by atoms with Crippen LogP contribution in [0.15, 0.2) is 0 Å². The average molecular weight is 294 g/mol. The molecule has 3 N–H and O–H groups in total. The van der Waals surface area contributed by atoms with E-state index in [-0.39, 0.29) is 18.9 Å². The summed E-state index contributed by atoms with van der Waals surface area (Å²) in [7, 11) is 0. The summed E-state index contributed by atoms with van der Waals surface area (Å²) in [5.74, 6) is -2.23. The Balaban J connectivity index is 1.92. The summed E-state index contributed by atoms with van der Waals surface area (Å²) < 4.78 is 37.9. The van der Waals surface area contributed by atoms with Gasteiger partial charge in [0.25, 0.3) is 0 Å². The van der Waals surface area contributed by atoms with Gasteiger partial charge < -0.3 is 15.7 Å². The number of rotatable bonds is 2. The molecular formula is C13H21F3N2O2. The van der Waals surface area contributed by atoms with Crippen molar-refractivity contribution >= 4 is 5.97 Å². The van der Waals surface area contributed by atoms with Gasteiger partial charge in [0.15, 0.2) is 0 Å². The van der Waals surface area contributed by atoms with Crippen LogP contribution in [0, 0.1) is 5.92 Å². The summed E-state index contributed by atoms with van der Waals surface area (Å²) in [5, 5.41) is 9.17. The molecule has 1 saturated heterocycles. The molecule has 0 radical (unpaired) electrons. The van der Waals surface area contributed by atoms with Crippen LogP contribution in [0.4, 0.5) is 13.2 Å².